The van der Waals surface area contributed by atoms with Crippen molar-refractivity contribution >= 4 is 0 Å². The molecular weight excluding hydrogens is 353 g/mol. The van der Waals surface area contributed by atoms with Crippen molar-refractivity contribution in [2.45, 2.75) is 71.1 Å². The van der Waals surface area contributed by atoms with Crippen molar-refractivity contribution in [3.63, 3.8) is 0 Å². The number of hydrogen-bond acceptors (Lipinski definition) is 2. The van der Waals surface area contributed by atoms with Crippen molar-refractivity contribution in [3.8, 4) is 11.5 Å². The van der Waals surface area contributed by atoms with E-state index in [2.05, 4.69) is 16.9 Å². The maximum absolute atomic E-state index is 12.9. The first-order valence-corrected chi connectivity index (χ1v) is 10.1. The predicted molar refractivity (Wildman–Crippen MR) is 100 cm³/mol. The summed E-state index contributed by atoms with van der Waals surface area (Å²) in [5.74, 6) is 1.35. The molecule has 0 heterocycles. The summed E-state index contributed by atoms with van der Waals surface area (Å²) in [6, 6.07) is 3.49. The van der Waals surface area contributed by atoms with E-state index in [9.17, 15) is 13.2 Å². The maximum Gasteiger partial charge on any atom is 0.573 e. The van der Waals surface area contributed by atoms with Crippen LogP contribution in [0.3, 0.4) is 0 Å². The van der Waals surface area contributed by atoms with Gasteiger partial charge >= 0.3 is 6.36 Å². The highest BCUT2D eigenvalue weighted by Gasteiger charge is 2.34. The Morgan fingerprint density at radius 2 is 1.85 bits per heavy atom. The average Bonchev–Trinajstić information content (AvgIpc) is 3.28. The lowest BCUT2D eigenvalue weighted by atomic mass is 10.0. The number of benzene rings is 1. The van der Waals surface area contributed by atoms with E-state index in [1.807, 2.05) is 6.07 Å². The summed E-state index contributed by atoms with van der Waals surface area (Å²) in [6.07, 6.45) is 9.63. The fourth-order valence-corrected chi connectivity index (χ4v) is 3.75. The van der Waals surface area contributed by atoms with Crippen LogP contribution < -0.4 is 9.47 Å². The second-order valence-corrected chi connectivity index (χ2v) is 7.82. The van der Waals surface area contributed by atoms with Crippen LogP contribution in [0.25, 0.3) is 0 Å². The van der Waals surface area contributed by atoms with Crippen LogP contribution in [0.1, 0.15) is 62.5 Å². The second kappa shape index (κ2) is 9.03. The molecule has 0 bridgehead atoms. The van der Waals surface area contributed by atoms with Crippen LogP contribution in [0.4, 0.5) is 13.2 Å². The first kappa shape index (κ1) is 20.1. The van der Waals surface area contributed by atoms with Gasteiger partial charge in [-0.3, -0.25) is 0 Å². The molecule has 2 fully saturated rings. The summed E-state index contributed by atoms with van der Waals surface area (Å²) in [6.45, 7) is 2.12. The maximum atomic E-state index is 12.9. The van der Waals surface area contributed by atoms with E-state index in [0.29, 0.717) is 30.4 Å². The molecule has 0 radical (unpaired) electrons. The van der Waals surface area contributed by atoms with Crippen molar-refractivity contribution in [2.24, 2.45) is 11.8 Å². The molecule has 5 heteroatoms. The number of rotatable bonds is 9. The summed E-state index contributed by atoms with van der Waals surface area (Å²) in [7, 11) is 0. The third-order valence-electron chi connectivity index (χ3n) is 5.57. The number of hydrogen-bond donors (Lipinski definition) is 0. The number of halogens is 3. The predicted octanol–water partition coefficient (Wildman–Crippen LogP) is 6.75. The monoisotopic (exact) mass is 382 g/mol. The number of aryl methyl sites for hydroxylation is 1. The van der Waals surface area contributed by atoms with Crippen molar-refractivity contribution in [3.05, 3.63) is 35.4 Å². The molecule has 3 rings (SSSR count). The molecule has 2 nitrogen and oxygen atoms in total. The molecule has 2 saturated carbocycles. The Bertz CT molecular complexity index is 642. The molecule has 0 aliphatic heterocycles. The molecule has 0 atom stereocenters. The highest BCUT2D eigenvalue weighted by molar-refractivity contribution is 5.50. The van der Waals surface area contributed by atoms with Crippen LogP contribution in [0.15, 0.2) is 24.3 Å². The van der Waals surface area contributed by atoms with Gasteiger partial charge in [0, 0.05) is 0 Å². The Kier molecular flexibility index (Phi) is 6.72. The van der Waals surface area contributed by atoms with Gasteiger partial charge in [-0.15, -0.1) is 13.2 Å². The Morgan fingerprint density at radius 3 is 2.52 bits per heavy atom. The molecule has 0 N–H and O–H groups in total. The largest absolute Gasteiger partial charge is 0.573 e. The standard InChI is InChI=1S/C22H29F3O2/c1-16-19(9-5-4-8-17-6-2-3-7-17)12-13-20(21(16)27-22(23,24)25)26-15-14-18-10-11-18/h4,8,12-13,17-18H,2-3,5-7,9-11,14-15H2,1H3/b8-4+. The number of ether oxygens (including phenoxy) is 2. The van der Waals surface area contributed by atoms with Crippen LogP contribution in [0.5, 0.6) is 11.5 Å². The minimum atomic E-state index is -4.72. The Balaban J connectivity index is 1.64. The van der Waals surface area contributed by atoms with Gasteiger partial charge in [-0.1, -0.05) is 43.9 Å². The molecule has 2 aliphatic carbocycles. The quantitative estimate of drug-likeness (QED) is 0.440. The van der Waals surface area contributed by atoms with Crippen LogP contribution in [-0.4, -0.2) is 13.0 Å². The Hall–Kier alpha value is -1.65. The third-order valence-corrected chi connectivity index (χ3v) is 5.57. The van der Waals surface area contributed by atoms with Crippen LogP contribution >= 0.6 is 0 Å². The van der Waals surface area contributed by atoms with E-state index >= 15 is 0 Å². The molecule has 0 amide bonds. The molecule has 0 aromatic heterocycles. The van der Waals surface area contributed by atoms with Gasteiger partial charge in [0.15, 0.2) is 11.5 Å². The van der Waals surface area contributed by atoms with Crippen molar-refractivity contribution in [1.82, 2.24) is 0 Å². The van der Waals surface area contributed by atoms with Crippen molar-refractivity contribution in [1.29, 1.82) is 0 Å². The lowest BCUT2D eigenvalue weighted by Gasteiger charge is -2.18. The minimum absolute atomic E-state index is 0.185. The average molecular weight is 382 g/mol. The fraction of sp³-hybridized carbons (Fsp3) is 0.636. The summed E-state index contributed by atoms with van der Waals surface area (Å²) in [5, 5.41) is 0. The molecule has 27 heavy (non-hydrogen) atoms. The number of alkyl halides is 3. The van der Waals surface area contributed by atoms with Crippen LogP contribution in [0, 0.1) is 18.8 Å². The second-order valence-electron chi connectivity index (χ2n) is 7.82. The lowest BCUT2D eigenvalue weighted by Crippen LogP contribution is -2.19. The van der Waals surface area contributed by atoms with Crippen LogP contribution in [0.2, 0.25) is 0 Å². The van der Waals surface area contributed by atoms with E-state index in [1.54, 1.807) is 13.0 Å². The van der Waals surface area contributed by atoms with Gasteiger partial charge in [-0.2, -0.15) is 0 Å². The Labute approximate surface area is 159 Å². The van der Waals surface area contributed by atoms with E-state index in [4.69, 9.17) is 4.74 Å². The van der Waals surface area contributed by atoms with E-state index in [1.165, 1.54) is 38.5 Å². The molecule has 150 valence electrons. The fourth-order valence-electron chi connectivity index (χ4n) is 3.75. The first-order chi connectivity index (χ1) is 12.9. The van der Waals surface area contributed by atoms with Gasteiger partial charge in [0.1, 0.15) is 0 Å². The molecule has 0 saturated heterocycles. The lowest BCUT2D eigenvalue weighted by molar-refractivity contribution is -0.275. The molecule has 1 aromatic carbocycles. The van der Waals surface area contributed by atoms with Gasteiger partial charge in [0.2, 0.25) is 0 Å². The summed E-state index contributed by atoms with van der Waals surface area (Å²) in [4.78, 5) is 0. The Morgan fingerprint density at radius 1 is 1.11 bits per heavy atom. The molecule has 1 aromatic rings. The highest BCUT2D eigenvalue weighted by Crippen LogP contribution is 2.39. The van der Waals surface area contributed by atoms with Gasteiger partial charge in [-0.05, 0) is 68.1 Å². The summed E-state index contributed by atoms with van der Waals surface area (Å²) < 4.78 is 48.6. The number of allylic oxidation sites excluding steroid dienone is 2. The zero-order chi connectivity index (χ0) is 19.3. The topological polar surface area (TPSA) is 18.5 Å². The first-order valence-electron chi connectivity index (χ1n) is 10.1. The van der Waals surface area contributed by atoms with E-state index < -0.39 is 6.36 Å². The smallest absolute Gasteiger partial charge is 0.490 e. The molecule has 0 unspecified atom stereocenters. The zero-order valence-electron chi connectivity index (χ0n) is 16.0. The minimum Gasteiger partial charge on any atom is -0.490 e. The van der Waals surface area contributed by atoms with Gasteiger partial charge < -0.3 is 9.47 Å². The molecule has 2 aliphatic rings. The van der Waals surface area contributed by atoms with Gasteiger partial charge in [0.05, 0.1) is 6.61 Å². The summed E-state index contributed by atoms with van der Waals surface area (Å²) in [5.41, 5.74) is 1.39. The van der Waals surface area contributed by atoms with E-state index in [0.717, 1.165) is 18.4 Å². The van der Waals surface area contributed by atoms with Crippen LogP contribution in [-0.2, 0) is 6.42 Å². The highest BCUT2D eigenvalue weighted by atomic mass is 19.4. The van der Waals surface area contributed by atoms with Gasteiger partial charge in [0.25, 0.3) is 0 Å². The normalized spacial score (nSPS) is 18.4. The van der Waals surface area contributed by atoms with Crippen molar-refractivity contribution in [2.75, 3.05) is 6.61 Å². The molecule has 0 spiro atoms. The summed E-state index contributed by atoms with van der Waals surface area (Å²) >= 11 is 0. The SMILES string of the molecule is Cc1c(CC/C=C/C2CCCC2)ccc(OCCC2CC2)c1OC(F)(F)F. The van der Waals surface area contributed by atoms with Gasteiger partial charge in [-0.25, -0.2) is 0 Å². The zero-order valence-corrected chi connectivity index (χ0v) is 16.0. The molecular formula is C22H29F3O2. The van der Waals surface area contributed by atoms with E-state index in [-0.39, 0.29) is 11.5 Å². The third kappa shape index (κ3) is 6.47. The van der Waals surface area contributed by atoms with Crippen molar-refractivity contribution < 1.29 is 22.6 Å².